The molecule has 1 aliphatic rings. The van der Waals surface area contributed by atoms with Crippen LogP contribution in [0.25, 0.3) is 0 Å². The minimum Gasteiger partial charge on any atom is -0.376 e. The molecule has 0 bridgehead atoms. The Hall–Kier alpha value is 0.170. The first kappa shape index (κ1) is 10.3. The second kappa shape index (κ2) is 5.75. The first-order valence-corrected chi connectivity index (χ1v) is 4.78. The summed E-state index contributed by atoms with van der Waals surface area (Å²) in [5.74, 6) is 0.517. The number of alkyl halides is 1. The van der Waals surface area contributed by atoms with E-state index in [1.807, 2.05) is 6.92 Å². The van der Waals surface area contributed by atoms with E-state index >= 15 is 0 Å². The lowest BCUT2D eigenvalue weighted by molar-refractivity contribution is -0.0706. The summed E-state index contributed by atoms with van der Waals surface area (Å²) in [5, 5.41) is 0. The van der Waals surface area contributed by atoms with E-state index in [9.17, 15) is 0 Å². The van der Waals surface area contributed by atoms with Crippen molar-refractivity contribution >= 4 is 11.6 Å². The van der Waals surface area contributed by atoms with Crippen molar-refractivity contribution in [3.8, 4) is 0 Å². The number of hydrogen-bond acceptors (Lipinski definition) is 3. The standard InChI is InChI=1S/C8H15ClO3/c1-2-11-7-5-8(7)12-6-10-4-3-9/h7-8H,2-6H2,1H3/t7-,8-/m1/s1. The second-order valence-corrected chi connectivity index (χ2v) is 3.03. The van der Waals surface area contributed by atoms with Gasteiger partial charge in [0.2, 0.25) is 0 Å². The Morgan fingerprint density at radius 3 is 2.75 bits per heavy atom. The van der Waals surface area contributed by atoms with Gasteiger partial charge in [0.25, 0.3) is 0 Å². The second-order valence-electron chi connectivity index (χ2n) is 2.65. The number of halogens is 1. The van der Waals surface area contributed by atoms with Crippen LogP contribution in [0.15, 0.2) is 0 Å². The van der Waals surface area contributed by atoms with Gasteiger partial charge in [-0.2, -0.15) is 0 Å². The average Bonchev–Trinajstić information content (AvgIpc) is 2.79. The lowest BCUT2D eigenvalue weighted by Gasteiger charge is -2.03. The Labute approximate surface area is 77.9 Å². The molecule has 1 fully saturated rings. The van der Waals surface area contributed by atoms with Gasteiger partial charge in [-0.1, -0.05) is 0 Å². The molecule has 12 heavy (non-hydrogen) atoms. The molecule has 72 valence electrons. The molecule has 3 nitrogen and oxygen atoms in total. The molecule has 0 N–H and O–H groups in total. The van der Waals surface area contributed by atoms with Crippen LogP contribution in [0.3, 0.4) is 0 Å². The predicted octanol–water partition coefficient (Wildman–Crippen LogP) is 1.39. The average molecular weight is 195 g/mol. The SMILES string of the molecule is CCO[C@@H]1C[C@H]1OCOCCCl. The first-order valence-electron chi connectivity index (χ1n) is 4.25. The van der Waals surface area contributed by atoms with Crippen molar-refractivity contribution < 1.29 is 14.2 Å². The zero-order valence-electron chi connectivity index (χ0n) is 7.29. The summed E-state index contributed by atoms with van der Waals surface area (Å²) >= 11 is 5.41. The normalized spacial score (nSPS) is 27.5. The molecule has 2 atom stereocenters. The molecular weight excluding hydrogens is 180 g/mol. The molecule has 0 spiro atoms. The van der Waals surface area contributed by atoms with Gasteiger partial charge in [0.05, 0.1) is 18.8 Å². The van der Waals surface area contributed by atoms with Crippen LogP contribution in [-0.2, 0) is 14.2 Å². The highest BCUT2D eigenvalue weighted by molar-refractivity contribution is 6.17. The van der Waals surface area contributed by atoms with E-state index in [0.29, 0.717) is 25.4 Å². The molecule has 0 saturated heterocycles. The summed E-state index contributed by atoms with van der Waals surface area (Å²) in [7, 11) is 0. The van der Waals surface area contributed by atoms with Gasteiger partial charge >= 0.3 is 0 Å². The third-order valence-corrected chi connectivity index (χ3v) is 1.80. The number of rotatable bonds is 7. The van der Waals surface area contributed by atoms with Crippen LogP contribution in [0.2, 0.25) is 0 Å². The van der Waals surface area contributed by atoms with Crippen molar-refractivity contribution in [2.75, 3.05) is 25.9 Å². The molecule has 0 aliphatic heterocycles. The molecule has 0 aromatic heterocycles. The third-order valence-electron chi connectivity index (χ3n) is 1.64. The Morgan fingerprint density at radius 1 is 1.33 bits per heavy atom. The van der Waals surface area contributed by atoms with E-state index in [0.717, 1.165) is 13.0 Å². The number of hydrogen-bond donors (Lipinski definition) is 0. The van der Waals surface area contributed by atoms with Crippen molar-refractivity contribution in [1.29, 1.82) is 0 Å². The summed E-state index contributed by atoms with van der Waals surface area (Å²) in [5.41, 5.74) is 0. The smallest absolute Gasteiger partial charge is 0.147 e. The van der Waals surface area contributed by atoms with E-state index in [2.05, 4.69) is 0 Å². The van der Waals surface area contributed by atoms with Gasteiger partial charge in [0, 0.05) is 18.9 Å². The van der Waals surface area contributed by atoms with Crippen LogP contribution >= 0.6 is 11.6 Å². The monoisotopic (exact) mass is 194 g/mol. The van der Waals surface area contributed by atoms with Crippen LogP contribution in [0, 0.1) is 0 Å². The van der Waals surface area contributed by atoms with Crippen molar-refractivity contribution in [2.24, 2.45) is 0 Å². The van der Waals surface area contributed by atoms with Crippen LogP contribution in [0.4, 0.5) is 0 Å². The molecular formula is C8H15ClO3. The quantitative estimate of drug-likeness (QED) is 0.348. The zero-order chi connectivity index (χ0) is 8.81. The van der Waals surface area contributed by atoms with Crippen LogP contribution in [-0.4, -0.2) is 38.1 Å². The molecule has 0 radical (unpaired) electrons. The molecule has 1 saturated carbocycles. The fraction of sp³-hybridized carbons (Fsp3) is 1.00. The van der Waals surface area contributed by atoms with Crippen LogP contribution in [0.1, 0.15) is 13.3 Å². The highest BCUT2D eigenvalue weighted by atomic mass is 35.5. The molecule has 0 amide bonds. The topological polar surface area (TPSA) is 27.7 Å². The van der Waals surface area contributed by atoms with Gasteiger partial charge in [-0.15, -0.1) is 11.6 Å². The Bertz CT molecular complexity index is 121. The number of ether oxygens (including phenoxy) is 3. The molecule has 0 aromatic rings. The first-order chi connectivity index (χ1) is 5.88. The van der Waals surface area contributed by atoms with Crippen molar-refractivity contribution in [2.45, 2.75) is 25.6 Å². The largest absolute Gasteiger partial charge is 0.376 e. The maximum atomic E-state index is 5.41. The van der Waals surface area contributed by atoms with Crippen LogP contribution < -0.4 is 0 Å². The van der Waals surface area contributed by atoms with E-state index in [-0.39, 0.29) is 6.10 Å². The van der Waals surface area contributed by atoms with E-state index in [1.54, 1.807) is 0 Å². The van der Waals surface area contributed by atoms with Crippen molar-refractivity contribution in [3.63, 3.8) is 0 Å². The van der Waals surface area contributed by atoms with Gasteiger partial charge in [0.1, 0.15) is 6.79 Å². The lowest BCUT2D eigenvalue weighted by atomic mass is 10.7. The fourth-order valence-electron chi connectivity index (χ4n) is 0.964. The van der Waals surface area contributed by atoms with Crippen molar-refractivity contribution in [1.82, 2.24) is 0 Å². The van der Waals surface area contributed by atoms with E-state index in [1.165, 1.54) is 0 Å². The molecule has 4 heteroatoms. The summed E-state index contributed by atoms with van der Waals surface area (Å²) in [4.78, 5) is 0. The van der Waals surface area contributed by atoms with Crippen molar-refractivity contribution in [3.05, 3.63) is 0 Å². The Morgan fingerprint density at radius 2 is 2.08 bits per heavy atom. The Kier molecular flexibility index (Phi) is 4.92. The van der Waals surface area contributed by atoms with Crippen LogP contribution in [0.5, 0.6) is 0 Å². The highest BCUT2D eigenvalue weighted by Crippen LogP contribution is 2.28. The Balaban J connectivity index is 1.83. The molecule has 1 aliphatic carbocycles. The van der Waals surface area contributed by atoms with E-state index < -0.39 is 0 Å². The summed E-state index contributed by atoms with van der Waals surface area (Å²) in [6, 6.07) is 0. The highest BCUT2D eigenvalue weighted by Gasteiger charge is 2.39. The fourth-order valence-corrected chi connectivity index (χ4v) is 1.07. The third kappa shape index (κ3) is 3.72. The molecule has 1 rings (SSSR count). The summed E-state index contributed by atoms with van der Waals surface area (Å²) in [6.07, 6.45) is 1.55. The minimum atomic E-state index is 0.250. The predicted molar refractivity (Wildman–Crippen MR) is 46.4 cm³/mol. The minimum absolute atomic E-state index is 0.250. The zero-order valence-corrected chi connectivity index (χ0v) is 8.05. The maximum absolute atomic E-state index is 5.41. The van der Waals surface area contributed by atoms with Gasteiger partial charge in [-0.05, 0) is 6.92 Å². The molecule has 0 heterocycles. The summed E-state index contributed by atoms with van der Waals surface area (Å²) in [6.45, 7) is 3.63. The molecule has 0 unspecified atom stereocenters. The van der Waals surface area contributed by atoms with E-state index in [4.69, 9.17) is 25.8 Å². The summed E-state index contributed by atoms with van der Waals surface area (Å²) < 4.78 is 15.7. The van der Waals surface area contributed by atoms with Gasteiger partial charge < -0.3 is 14.2 Å². The van der Waals surface area contributed by atoms with Gasteiger partial charge in [-0.3, -0.25) is 0 Å². The lowest BCUT2D eigenvalue weighted by Crippen LogP contribution is -2.08. The van der Waals surface area contributed by atoms with Gasteiger partial charge in [0.15, 0.2) is 0 Å². The molecule has 0 aromatic carbocycles. The van der Waals surface area contributed by atoms with Gasteiger partial charge in [-0.25, -0.2) is 0 Å². The maximum Gasteiger partial charge on any atom is 0.147 e.